The van der Waals surface area contributed by atoms with Crippen LogP contribution in [0.1, 0.15) is 69.0 Å². The predicted molar refractivity (Wildman–Crippen MR) is 169 cm³/mol. The molecular formula is C34H40N2OS2. The number of benzene rings is 3. The number of aromatic nitrogens is 1. The van der Waals surface area contributed by atoms with Gasteiger partial charge in [-0.05, 0) is 52.3 Å². The van der Waals surface area contributed by atoms with Gasteiger partial charge in [0.15, 0.2) is 5.13 Å². The minimum atomic E-state index is -0.0191. The predicted octanol–water partition coefficient (Wildman–Crippen LogP) is 9.41. The van der Waals surface area contributed by atoms with Gasteiger partial charge in [0.25, 0.3) is 0 Å². The van der Waals surface area contributed by atoms with Crippen LogP contribution in [-0.4, -0.2) is 16.6 Å². The van der Waals surface area contributed by atoms with E-state index >= 15 is 0 Å². The summed E-state index contributed by atoms with van der Waals surface area (Å²) in [5, 5.41) is 3.81. The fraction of sp³-hybridized carbons (Fsp3) is 0.353. The van der Waals surface area contributed by atoms with Crippen LogP contribution in [0.4, 0.5) is 5.13 Å². The van der Waals surface area contributed by atoms with E-state index in [0.29, 0.717) is 17.5 Å². The number of hydrogen-bond acceptors (Lipinski definition) is 4. The standard InChI is InChI=1S/C34H40N2OS2/c1-6-24(4)34(5,7-2)29-23-28(38-8-3)20-19-27(29)22-31(37)35-33-36-32(26-17-13-10-14-18-26)30(39-33)21-25-15-11-9-12-16-25/h9-20,23-24H,6-8,21-22H2,1-5H3,(H,35,36,37). The summed E-state index contributed by atoms with van der Waals surface area (Å²) in [6.45, 7) is 11.4. The number of anilines is 1. The highest BCUT2D eigenvalue weighted by Crippen LogP contribution is 2.41. The molecule has 0 spiro atoms. The largest absolute Gasteiger partial charge is 0.302 e. The molecule has 0 aliphatic carbocycles. The van der Waals surface area contributed by atoms with Gasteiger partial charge in [-0.25, -0.2) is 4.98 Å². The second kappa shape index (κ2) is 13.5. The Hall–Kier alpha value is -2.89. The van der Waals surface area contributed by atoms with Crippen molar-refractivity contribution in [3.05, 3.63) is 100 Å². The number of nitrogens with one attached hydrogen (secondary N) is 1. The van der Waals surface area contributed by atoms with E-state index in [-0.39, 0.29) is 11.3 Å². The van der Waals surface area contributed by atoms with Crippen LogP contribution in [-0.2, 0) is 23.1 Å². The van der Waals surface area contributed by atoms with Crippen LogP contribution in [0.2, 0.25) is 0 Å². The second-order valence-corrected chi connectivity index (χ2v) is 12.8. The highest BCUT2D eigenvalue weighted by atomic mass is 32.2. The molecule has 2 unspecified atom stereocenters. The van der Waals surface area contributed by atoms with Gasteiger partial charge in [0, 0.05) is 21.8 Å². The molecule has 2 atom stereocenters. The van der Waals surface area contributed by atoms with Gasteiger partial charge in [-0.3, -0.25) is 4.79 Å². The molecule has 0 fully saturated rings. The maximum Gasteiger partial charge on any atom is 0.230 e. The van der Waals surface area contributed by atoms with E-state index < -0.39 is 0 Å². The minimum Gasteiger partial charge on any atom is -0.302 e. The molecule has 0 bridgehead atoms. The third kappa shape index (κ3) is 7.01. The Balaban J connectivity index is 1.62. The Bertz CT molecular complexity index is 1370. The lowest BCUT2D eigenvalue weighted by atomic mass is 9.68. The fourth-order valence-electron chi connectivity index (χ4n) is 5.22. The molecule has 1 aromatic heterocycles. The summed E-state index contributed by atoms with van der Waals surface area (Å²) in [6, 6.07) is 27.3. The summed E-state index contributed by atoms with van der Waals surface area (Å²) >= 11 is 3.43. The van der Waals surface area contributed by atoms with Crippen molar-refractivity contribution in [3.63, 3.8) is 0 Å². The number of carbonyl (C=O) groups is 1. The summed E-state index contributed by atoms with van der Waals surface area (Å²) < 4.78 is 0. The first-order chi connectivity index (χ1) is 18.9. The lowest BCUT2D eigenvalue weighted by molar-refractivity contribution is -0.115. The Morgan fingerprint density at radius 1 is 1.00 bits per heavy atom. The van der Waals surface area contributed by atoms with E-state index in [1.165, 1.54) is 16.0 Å². The summed E-state index contributed by atoms with van der Waals surface area (Å²) in [5.41, 5.74) is 5.67. The number of amides is 1. The third-order valence-corrected chi connectivity index (χ3v) is 9.84. The molecular weight excluding hydrogens is 517 g/mol. The molecule has 1 amide bonds. The monoisotopic (exact) mass is 556 g/mol. The molecule has 0 saturated carbocycles. The Morgan fingerprint density at radius 2 is 1.69 bits per heavy atom. The molecule has 204 valence electrons. The van der Waals surface area contributed by atoms with E-state index in [1.807, 2.05) is 36.0 Å². The Labute approximate surface area is 242 Å². The van der Waals surface area contributed by atoms with Crippen LogP contribution in [0, 0.1) is 5.92 Å². The average Bonchev–Trinajstić information content (AvgIpc) is 3.35. The number of nitrogens with zero attached hydrogens (tertiary/aromatic N) is 1. The number of rotatable bonds is 12. The van der Waals surface area contributed by atoms with Crippen LogP contribution in [0.25, 0.3) is 11.3 Å². The van der Waals surface area contributed by atoms with Crippen LogP contribution < -0.4 is 5.32 Å². The second-order valence-electron chi connectivity index (χ2n) is 10.4. The first kappa shape index (κ1) is 29.1. The quantitative estimate of drug-likeness (QED) is 0.177. The van der Waals surface area contributed by atoms with Crippen LogP contribution in [0.15, 0.2) is 83.8 Å². The van der Waals surface area contributed by atoms with Gasteiger partial charge in [0.2, 0.25) is 5.91 Å². The van der Waals surface area contributed by atoms with Crippen LogP contribution in [0.5, 0.6) is 0 Å². The molecule has 5 heteroatoms. The maximum absolute atomic E-state index is 13.5. The minimum absolute atomic E-state index is 0.0131. The van der Waals surface area contributed by atoms with Gasteiger partial charge in [0.05, 0.1) is 12.1 Å². The van der Waals surface area contributed by atoms with E-state index in [1.54, 1.807) is 11.3 Å². The first-order valence-electron chi connectivity index (χ1n) is 14.0. The molecule has 3 nitrogen and oxygen atoms in total. The van der Waals surface area contributed by atoms with E-state index in [9.17, 15) is 4.79 Å². The molecule has 0 radical (unpaired) electrons. The van der Waals surface area contributed by atoms with Gasteiger partial charge >= 0.3 is 0 Å². The van der Waals surface area contributed by atoms with Gasteiger partial charge in [0.1, 0.15) is 0 Å². The third-order valence-electron chi connectivity index (χ3n) is 7.99. The zero-order valence-corrected chi connectivity index (χ0v) is 25.4. The highest BCUT2D eigenvalue weighted by molar-refractivity contribution is 7.99. The average molecular weight is 557 g/mol. The summed E-state index contributed by atoms with van der Waals surface area (Å²) in [7, 11) is 0. The molecule has 1 N–H and O–H groups in total. The molecule has 3 aromatic carbocycles. The van der Waals surface area contributed by atoms with Crippen molar-refractivity contribution in [2.45, 2.75) is 70.6 Å². The fourth-order valence-corrected chi connectivity index (χ4v) is 6.95. The van der Waals surface area contributed by atoms with E-state index in [4.69, 9.17) is 4.98 Å². The van der Waals surface area contributed by atoms with E-state index in [0.717, 1.165) is 46.7 Å². The lowest BCUT2D eigenvalue weighted by Crippen LogP contribution is -2.31. The van der Waals surface area contributed by atoms with Crippen molar-refractivity contribution < 1.29 is 4.79 Å². The Morgan fingerprint density at radius 3 is 2.33 bits per heavy atom. The lowest BCUT2D eigenvalue weighted by Gasteiger charge is -2.37. The molecule has 0 saturated heterocycles. The van der Waals surface area contributed by atoms with E-state index in [2.05, 4.69) is 94.5 Å². The SMILES string of the molecule is CCSc1ccc(CC(=O)Nc2nc(-c3ccccc3)c(Cc3ccccc3)s2)c(C(C)(CC)C(C)CC)c1. The zero-order valence-electron chi connectivity index (χ0n) is 23.8. The van der Waals surface area contributed by atoms with Gasteiger partial charge in [-0.2, -0.15) is 0 Å². The van der Waals surface area contributed by atoms with Crippen LogP contribution in [0.3, 0.4) is 0 Å². The van der Waals surface area contributed by atoms with Crippen molar-refractivity contribution >= 4 is 34.1 Å². The maximum atomic E-state index is 13.5. The van der Waals surface area contributed by atoms with Crippen molar-refractivity contribution in [2.24, 2.45) is 5.92 Å². The summed E-state index contributed by atoms with van der Waals surface area (Å²) in [6.07, 6.45) is 3.26. The van der Waals surface area contributed by atoms with Gasteiger partial charge in [-0.15, -0.1) is 23.1 Å². The number of hydrogen-bond donors (Lipinski definition) is 1. The normalized spacial score (nSPS) is 13.6. The number of thioether (sulfide) groups is 1. The summed E-state index contributed by atoms with van der Waals surface area (Å²) in [5.74, 6) is 1.53. The highest BCUT2D eigenvalue weighted by Gasteiger charge is 2.33. The zero-order chi connectivity index (χ0) is 27.8. The summed E-state index contributed by atoms with van der Waals surface area (Å²) in [4.78, 5) is 20.8. The number of carbonyl (C=O) groups excluding carboxylic acids is 1. The molecule has 1 heterocycles. The molecule has 4 rings (SSSR count). The number of thiazole rings is 1. The molecule has 39 heavy (non-hydrogen) atoms. The van der Waals surface area contributed by atoms with Crippen molar-refractivity contribution in [1.82, 2.24) is 4.98 Å². The van der Waals surface area contributed by atoms with Gasteiger partial charge < -0.3 is 5.32 Å². The molecule has 4 aromatic rings. The van der Waals surface area contributed by atoms with Crippen LogP contribution >= 0.6 is 23.1 Å². The smallest absolute Gasteiger partial charge is 0.230 e. The topological polar surface area (TPSA) is 42.0 Å². The molecule has 0 aliphatic heterocycles. The van der Waals surface area contributed by atoms with Crippen molar-refractivity contribution in [2.75, 3.05) is 11.1 Å². The van der Waals surface area contributed by atoms with Crippen molar-refractivity contribution in [3.8, 4) is 11.3 Å². The van der Waals surface area contributed by atoms with Crippen molar-refractivity contribution in [1.29, 1.82) is 0 Å². The van der Waals surface area contributed by atoms with Gasteiger partial charge in [-0.1, -0.05) is 108 Å². The molecule has 0 aliphatic rings. The Kier molecular flexibility index (Phi) is 10.0. The first-order valence-corrected chi connectivity index (χ1v) is 15.8.